The fraction of sp³-hybridized carbons (Fsp3) is 0.0667. The summed E-state index contributed by atoms with van der Waals surface area (Å²) in [5.74, 6) is 0. The van der Waals surface area contributed by atoms with Crippen LogP contribution in [-0.2, 0) is 6.42 Å². The van der Waals surface area contributed by atoms with Crippen LogP contribution >= 0.6 is 0 Å². The van der Waals surface area contributed by atoms with E-state index in [2.05, 4.69) is 60.7 Å². The molecule has 2 aromatic rings. The third-order valence-electron chi connectivity index (χ3n) is 2.91. The Labute approximate surface area is 89.6 Å². The van der Waals surface area contributed by atoms with Crippen molar-refractivity contribution in [2.75, 3.05) is 0 Å². The van der Waals surface area contributed by atoms with Crippen LogP contribution in [0.4, 0.5) is 0 Å². The fourth-order valence-corrected chi connectivity index (χ4v) is 2.14. The molecule has 3 rings (SSSR count). The largest absolute Gasteiger partial charge is 0.0801 e. The van der Waals surface area contributed by atoms with E-state index in [-0.39, 0.29) is 0 Å². The van der Waals surface area contributed by atoms with Crippen LogP contribution in [0.15, 0.2) is 54.6 Å². The lowest BCUT2D eigenvalue weighted by molar-refractivity contribution is 1.28. The minimum absolute atomic E-state index is 1.03. The number of benzene rings is 2. The van der Waals surface area contributed by atoms with Gasteiger partial charge < -0.3 is 0 Å². The van der Waals surface area contributed by atoms with Gasteiger partial charge in [0, 0.05) is 0 Å². The van der Waals surface area contributed by atoms with Crippen molar-refractivity contribution in [2.24, 2.45) is 0 Å². The van der Waals surface area contributed by atoms with E-state index in [9.17, 15) is 0 Å². The van der Waals surface area contributed by atoms with Crippen LogP contribution in [0.1, 0.15) is 11.1 Å². The Kier molecular flexibility index (Phi) is 1.92. The first kappa shape index (κ1) is 8.49. The van der Waals surface area contributed by atoms with E-state index >= 15 is 0 Å². The zero-order chi connectivity index (χ0) is 10.1. The number of hydrogen-bond donors (Lipinski definition) is 0. The second-order valence-electron chi connectivity index (χ2n) is 3.85. The predicted octanol–water partition coefficient (Wildman–Crippen LogP) is 3.97. The zero-order valence-corrected chi connectivity index (χ0v) is 8.48. The van der Waals surface area contributed by atoms with Crippen LogP contribution in [0.5, 0.6) is 0 Å². The molecule has 1 aliphatic rings. The molecule has 0 aliphatic heterocycles. The Morgan fingerprint density at radius 2 is 1.80 bits per heavy atom. The maximum atomic E-state index is 2.23. The maximum absolute atomic E-state index is 2.23. The van der Waals surface area contributed by atoms with Crippen molar-refractivity contribution >= 4 is 16.8 Å². The molecule has 0 atom stereocenters. The van der Waals surface area contributed by atoms with E-state index < -0.39 is 0 Å². The summed E-state index contributed by atoms with van der Waals surface area (Å²) in [7, 11) is 0. The first-order valence-corrected chi connectivity index (χ1v) is 5.29. The maximum Gasteiger partial charge on any atom is -0.00882 e. The molecule has 0 nitrogen and oxygen atoms in total. The molecule has 72 valence electrons. The van der Waals surface area contributed by atoms with Crippen molar-refractivity contribution in [2.45, 2.75) is 6.42 Å². The van der Waals surface area contributed by atoms with E-state index in [4.69, 9.17) is 0 Å². The van der Waals surface area contributed by atoms with Gasteiger partial charge in [0.05, 0.1) is 0 Å². The zero-order valence-electron chi connectivity index (χ0n) is 8.48. The Bertz CT molecular complexity index is 559. The molecule has 0 fully saturated rings. The lowest BCUT2D eigenvalue weighted by Gasteiger charge is -2.07. The molecule has 0 unspecified atom stereocenters. The van der Waals surface area contributed by atoms with Gasteiger partial charge in [0.2, 0.25) is 0 Å². The number of rotatable bonds is 0. The minimum atomic E-state index is 1.03. The molecule has 2 aromatic carbocycles. The van der Waals surface area contributed by atoms with Crippen LogP contribution in [0.2, 0.25) is 0 Å². The van der Waals surface area contributed by atoms with Crippen molar-refractivity contribution in [1.29, 1.82) is 0 Å². The van der Waals surface area contributed by atoms with Crippen LogP contribution in [0.25, 0.3) is 16.8 Å². The molecule has 0 bridgehead atoms. The number of allylic oxidation sites excluding steroid dienone is 3. The second-order valence-corrected chi connectivity index (χ2v) is 3.85. The van der Waals surface area contributed by atoms with Gasteiger partial charge in [-0.15, -0.1) is 0 Å². The van der Waals surface area contributed by atoms with E-state index in [0.29, 0.717) is 0 Å². The van der Waals surface area contributed by atoms with Gasteiger partial charge in [-0.1, -0.05) is 60.7 Å². The lowest BCUT2D eigenvalue weighted by Crippen LogP contribution is -1.87. The highest BCUT2D eigenvalue weighted by Crippen LogP contribution is 2.25. The molecule has 0 heterocycles. The second kappa shape index (κ2) is 3.39. The summed E-state index contributed by atoms with van der Waals surface area (Å²) in [6, 6.07) is 13.0. The lowest BCUT2D eigenvalue weighted by atomic mass is 9.98. The van der Waals surface area contributed by atoms with Crippen molar-refractivity contribution in [3.63, 3.8) is 0 Å². The Hall–Kier alpha value is -1.82. The quantitative estimate of drug-likeness (QED) is 0.592. The molecule has 15 heavy (non-hydrogen) atoms. The third kappa shape index (κ3) is 1.39. The molecule has 0 radical (unpaired) electrons. The van der Waals surface area contributed by atoms with Crippen molar-refractivity contribution in [1.82, 2.24) is 0 Å². The van der Waals surface area contributed by atoms with E-state index in [1.54, 1.807) is 0 Å². The summed E-state index contributed by atoms with van der Waals surface area (Å²) in [5.41, 5.74) is 2.79. The summed E-state index contributed by atoms with van der Waals surface area (Å²) >= 11 is 0. The van der Waals surface area contributed by atoms with Crippen LogP contribution in [0.3, 0.4) is 0 Å². The Balaban J connectivity index is 2.38. The summed E-state index contributed by atoms with van der Waals surface area (Å²) < 4.78 is 0. The molecule has 0 saturated heterocycles. The SMILES string of the molecule is C1=CCc2ccc3ccccc3c2C=C1. The molecule has 1 aliphatic carbocycles. The van der Waals surface area contributed by atoms with Gasteiger partial charge in [0.15, 0.2) is 0 Å². The monoisotopic (exact) mass is 192 g/mol. The molecular formula is C15H12. The van der Waals surface area contributed by atoms with Crippen molar-refractivity contribution in [3.05, 3.63) is 65.8 Å². The topological polar surface area (TPSA) is 0 Å². The van der Waals surface area contributed by atoms with Gasteiger partial charge in [-0.3, -0.25) is 0 Å². The van der Waals surface area contributed by atoms with Gasteiger partial charge in [-0.05, 0) is 28.3 Å². The Morgan fingerprint density at radius 1 is 0.867 bits per heavy atom. The smallest absolute Gasteiger partial charge is 0.00882 e. The molecule has 0 amide bonds. The first-order chi connectivity index (χ1) is 7.45. The third-order valence-corrected chi connectivity index (χ3v) is 2.91. The van der Waals surface area contributed by atoms with E-state index in [0.717, 1.165) is 6.42 Å². The highest BCUT2D eigenvalue weighted by Gasteiger charge is 2.04. The normalized spacial score (nSPS) is 13.9. The predicted molar refractivity (Wildman–Crippen MR) is 65.8 cm³/mol. The van der Waals surface area contributed by atoms with Gasteiger partial charge in [-0.2, -0.15) is 0 Å². The first-order valence-electron chi connectivity index (χ1n) is 5.29. The molecule has 0 N–H and O–H groups in total. The summed E-state index contributed by atoms with van der Waals surface area (Å²) in [6.45, 7) is 0. The molecule has 0 aromatic heterocycles. The number of fused-ring (bicyclic) bond motifs is 3. The molecule has 0 heteroatoms. The van der Waals surface area contributed by atoms with Crippen LogP contribution in [-0.4, -0.2) is 0 Å². The summed E-state index contributed by atoms with van der Waals surface area (Å²) in [6.07, 6.45) is 9.69. The van der Waals surface area contributed by atoms with E-state index in [1.165, 1.54) is 21.9 Å². The van der Waals surface area contributed by atoms with Crippen LogP contribution < -0.4 is 0 Å². The van der Waals surface area contributed by atoms with E-state index in [1.807, 2.05) is 0 Å². The standard InChI is InChI=1S/C15H12/c1-2-6-12-10-11-13-7-4-5-9-15(13)14(12)8-3-1/h1-5,7-11H,6H2. The molecule has 0 spiro atoms. The van der Waals surface area contributed by atoms with Crippen molar-refractivity contribution < 1.29 is 0 Å². The average Bonchev–Trinajstić information content (AvgIpc) is 2.54. The highest BCUT2D eigenvalue weighted by molar-refractivity contribution is 5.92. The van der Waals surface area contributed by atoms with Gasteiger partial charge in [0.25, 0.3) is 0 Å². The molecule has 0 saturated carbocycles. The van der Waals surface area contributed by atoms with Gasteiger partial charge in [-0.25, -0.2) is 0 Å². The highest BCUT2D eigenvalue weighted by atomic mass is 14.1. The van der Waals surface area contributed by atoms with Gasteiger partial charge in [0.1, 0.15) is 0 Å². The average molecular weight is 192 g/mol. The van der Waals surface area contributed by atoms with Crippen molar-refractivity contribution in [3.8, 4) is 0 Å². The summed E-state index contributed by atoms with van der Waals surface area (Å²) in [5, 5.41) is 2.68. The summed E-state index contributed by atoms with van der Waals surface area (Å²) in [4.78, 5) is 0. The van der Waals surface area contributed by atoms with Gasteiger partial charge >= 0.3 is 0 Å². The fourth-order valence-electron chi connectivity index (χ4n) is 2.14. The minimum Gasteiger partial charge on any atom is -0.0801 e. The number of hydrogen-bond acceptors (Lipinski definition) is 0. The molecular weight excluding hydrogens is 180 g/mol. The Morgan fingerprint density at radius 3 is 2.80 bits per heavy atom. The van der Waals surface area contributed by atoms with Crippen LogP contribution in [0, 0.1) is 0 Å².